The number of likely N-dealkylation sites (tertiary alicyclic amines) is 1. The zero-order chi connectivity index (χ0) is 14.7. The van der Waals surface area contributed by atoms with Crippen LogP contribution in [0.3, 0.4) is 0 Å². The molecule has 1 aliphatic rings. The third-order valence-corrected chi connectivity index (χ3v) is 3.69. The molecule has 1 fully saturated rings. The van der Waals surface area contributed by atoms with Gasteiger partial charge < -0.3 is 14.7 Å². The van der Waals surface area contributed by atoms with E-state index in [1.807, 2.05) is 27.7 Å². The first kappa shape index (κ1) is 16.0. The molecule has 1 amide bonds. The first-order valence-corrected chi connectivity index (χ1v) is 6.85. The van der Waals surface area contributed by atoms with Gasteiger partial charge in [-0.3, -0.25) is 9.59 Å². The number of carboxylic acids is 1. The Hall–Kier alpha value is -1.10. The van der Waals surface area contributed by atoms with E-state index in [9.17, 15) is 14.7 Å². The summed E-state index contributed by atoms with van der Waals surface area (Å²) < 4.78 is 5.47. The van der Waals surface area contributed by atoms with Crippen LogP contribution in [0.15, 0.2) is 0 Å². The Labute approximate surface area is 114 Å². The number of ether oxygens (including phenoxy) is 1. The molecule has 5 heteroatoms. The van der Waals surface area contributed by atoms with Gasteiger partial charge in [0.2, 0.25) is 5.91 Å². The zero-order valence-corrected chi connectivity index (χ0v) is 12.4. The summed E-state index contributed by atoms with van der Waals surface area (Å²) in [5.41, 5.74) is -1.14. The SMILES string of the molecule is CCC1(C(=O)O)CCCN(C(=O)COC(C)(C)C)C1. The van der Waals surface area contributed by atoms with Gasteiger partial charge in [-0.25, -0.2) is 0 Å². The van der Waals surface area contributed by atoms with E-state index < -0.39 is 11.4 Å². The maximum absolute atomic E-state index is 12.1. The Balaban J connectivity index is 2.64. The fourth-order valence-electron chi connectivity index (χ4n) is 2.33. The third kappa shape index (κ3) is 4.20. The topological polar surface area (TPSA) is 66.8 Å². The molecule has 1 saturated heterocycles. The fraction of sp³-hybridized carbons (Fsp3) is 0.857. The lowest BCUT2D eigenvalue weighted by molar-refractivity contribution is -0.157. The molecule has 0 aromatic rings. The minimum atomic E-state index is -0.802. The molecule has 0 bridgehead atoms. The van der Waals surface area contributed by atoms with Crippen molar-refractivity contribution in [3.63, 3.8) is 0 Å². The van der Waals surface area contributed by atoms with Crippen LogP contribution in [0.4, 0.5) is 0 Å². The first-order valence-electron chi connectivity index (χ1n) is 6.85. The third-order valence-electron chi connectivity index (χ3n) is 3.69. The Morgan fingerprint density at radius 1 is 1.37 bits per heavy atom. The van der Waals surface area contributed by atoms with E-state index in [-0.39, 0.29) is 18.1 Å². The average Bonchev–Trinajstić information content (AvgIpc) is 2.34. The monoisotopic (exact) mass is 271 g/mol. The second-order valence-corrected chi connectivity index (χ2v) is 6.26. The first-order chi connectivity index (χ1) is 8.70. The molecule has 0 radical (unpaired) electrons. The number of rotatable bonds is 4. The van der Waals surface area contributed by atoms with Crippen molar-refractivity contribution in [2.45, 2.75) is 52.6 Å². The van der Waals surface area contributed by atoms with Gasteiger partial charge in [-0.15, -0.1) is 0 Å². The number of aliphatic carboxylic acids is 1. The highest BCUT2D eigenvalue weighted by Gasteiger charge is 2.42. The number of hydrogen-bond donors (Lipinski definition) is 1. The Morgan fingerprint density at radius 2 is 2.00 bits per heavy atom. The maximum atomic E-state index is 12.1. The smallest absolute Gasteiger partial charge is 0.311 e. The summed E-state index contributed by atoms with van der Waals surface area (Å²) in [4.78, 5) is 25.1. The summed E-state index contributed by atoms with van der Waals surface area (Å²) in [5.74, 6) is -0.919. The van der Waals surface area contributed by atoms with Gasteiger partial charge >= 0.3 is 5.97 Å². The molecule has 1 N–H and O–H groups in total. The lowest BCUT2D eigenvalue weighted by Crippen LogP contribution is -2.50. The average molecular weight is 271 g/mol. The summed E-state index contributed by atoms with van der Waals surface area (Å²) >= 11 is 0. The minimum absolute atomic E-state index is 0.0168. The zero-order valence-electron chi connectivity index (χ0n) is 12.4. The van der Waals surface area contributed by atoms with Gasteiger partial charge in [-0.05, 0) is 40.0 Å². The number of nitrogens with zero attached hydrogens (tertiary/aromatic N) is 1. The van der Waals surface area contributed by atoms with E-state index in [0.717, 1.165) is 6.42 Å². The van der Waals surface area contributed by atoms with E-state index in [2.05, 4.69) is 0 Å². The van der Waals surface area contributed by atoms with Crippen LogP contribution in [0.25, 0.3) is 0 Å². The van der Waals surface area contributed by atoms with E-state index in [1.54, 1.807) is 4.90 Å². The normalized spacial score (nSPS) is 24.3. The molecule has 1 aliphatic heterocycles. The number of amides is 1. The van der Waals surface area contributed by atoms with Gasteiger partial charge in [0.1, 0.15) is 6.61 Å². The van der Waals surface area contributed by atoms with Crippen molar-refractivity contribution in [1.29, 1.82) is 0 Å². The van der Waals surface area contributed by atoms with Crippen molar-refractivity contribution in [2.24, 2.45) is 5.41 Å². The van der Waals surface area contributed by atoms with Crippen molar-refractivity contribution >= 4 is 11.9 Å². The molecule has 1 unspecified atom stereocenters. The number of carboxylic acid groups (broad SMARTS) is 1. The van der Waals surface area contributed by atoms with Gasteiger partial charge in [-0.2, -0.15) is 0 Å². The van der Waals surface area contributed by atoms with E-state index in [0.29, 0.717) is 25.9 Å². The summed E-state index contributed by atoms with van der Waals surface area (Å²) in [6, 6.07) is 0. The second kappa shape index (κ2) is 5.90. The quantitative estimate of drug-likeness (QED) is 0.848. The summed E-state index contributed by atoms with van der Waals surface area (Å²) in [7, 11) is 0. The van der Waals surface area contributed by atoms with Crippen molar-refractivity contribution in [3.8, 4) is 0 Å². The van der Waals surface area contributed by atoms with Crippen LogP contribution in [-0.4, -0.2) is 47.2 Å². The molecule has 5 nitrogen and oxygen atoms in total. The molecule has 0 aromatic carbocycles. The van der Waals surface area contributed by atoms with Crippen molar-refractivity contribution in [3.05, 3.63) is 0 Å². The Morgan fingerprint density at radius 3 is 2.47 bits per heavy atom. The van der Waals surface area contributed by atoms with Gasteiger partial charge in [-0.1, -0.05) is 6.92 Å². The van der Waals surface area contributed by atoms with Crippen LogP contribution in [0.5, 0.6) is 0 Å². The predicted octanol–water partition coefficient (Wildman–Crippen LogP) is 1.90. The molecule has 0 aliphatic carbocycles. The highest BCUT2D eigenvalue weighted by molar-refractivity contribution is 5.80. The highest BCUT2D eigenvalue weighted by Crippen LogP contribution is 2.33. The molecule has 1 atom stereocenters. The number of carbonyl (C=O) groups is 2. The van der Waals surface area contributed by atoms with Crippen molar-refractivity contribution in [1.82, 2.24) is 4.90 Å². The number of carbonyl (C=O) groups excluding carboxylic acids is 1. The summed E-state index contributed by atoms with van der Waals surface area (Å²) in [5, 5.41) is 9.38. The minimum Gasteiger partial charge on any atom is -0.481 e. The van der Waals surface area contributed by atoms with Gasteiger partial charge in [0.15, 0.2) is 0 Å². The number of hydrogen-bond acceptors (Lipinski definition) is 3. The molecule has 1 rings (SSSR count). The molecule has 0 saturated carbocycles. The van der Waals surface area contributed by atoms with E-state index >= 15 is 0 Å². The summed E-state index contributed by atoms with van der Waals surface area (Å²) in [6.07, 6.45) is 1.93. The Kier molecular flexibility index (Phi) is 4.96. The molecule has 19 heavy (non-hydrogen) atoms. The molecule has 1 heterocycles. The lowest BCUT2D eigenvalue weighted by Gasteiger charge is -2.39. The fourth-order valence-corrected chi connectivity index (χ4v) is 2.33. The van der Waals surface area contributed by atoms with Crippen LogP contribution in [0.1, 0.15) is 47.0 Å². The van der Waals surface area contributed by atoms with E-state index in [4.69, 9.17) is 4.74 Å². The van der Waals surface area contributed by atoms with Crippen LogP contribution >= 0.6 is 0 Å². The molecule has 0 aromatic heterocycles. The van der Waals surface area contributed by atoms with Crippen LogP contribution < -0.4 is 0 Å². The Bertz CT molecular complexity index is 348. The van der Waals surface area contributed by atoms with Crippen molar-refractivity contribution < 1.29 is 19.4 Å². The largest absolute Gasteiger partial charge is 0.481 e. The van der Waals surface area contributed by atoms with Gasteiger partial charge in [0.05, 0.1) is 11.0 Å². The number of piperidine rings is 1. The van der Waals surface area contributed by atoms with Crippen LogP contribution in [-0.2, 0) is 14.3 Å². The highest BCUT2D eigenvalue weighted by atomic mass is 16.5. The molecular weight excluding hydrogens is 246 g/mol. The standard InChI is InChI=1S/C14H25NO4/c1-5-14(12(17)18)7-6-8-15(10-14)11(16)9-19-13(2,3)4/h5-10H2,1-4H3,(H,17,18). The lowest BCUT2D eigenvalue weighted by atomic mass is 9.77. The predicted molar refractivity (Wildman–Crippen MR) is 71.9 cm³/mol. The molecule has 0 spiro atoms. The van der Waals surface area contributed by atoms with Gasteiger partial charge in [0, 0.05) is 13.1 Å². The van der Waals surface area contributed by atoms with Crippen LogP contribution in [0.2, 0.25) is 0 Å². The van der Waals surface area contributed by atoms with E-state index in [1.165, 1.54) is 0 Å². The second-order valence-electron chi connectivity index (χ2n) is 6.26. The molecular formula is C14H25NO4. The summed E-state index contributed by atoms with van der Waals surface area (Å²) in [6.45, 7) is 8.49. The molecule has 110 valence electrons. The maximum Gasteiger partial charge on any atom is 0.311 e. The van der Waals surface area contributed by atoms with Crippen molar-refractivity contribution in [2.75, 3.05) is 19.7 Å². The van der Waals surface area contributed by atoms with Crippen LogP contribution in [0, 0.1) is 5.41 Å². The van der Waals surface area contributed by atoms with Gasteiger partial charge in [0.25, 0.3) is 0 Å².